The van der Waals surface area contributed by atoms with Crippen LogP contribution < -0.4 is 24.0 Å². The van der Waals surface area contributed by atoms with Gasteiger partial charge in [-0.2, -0.15) is 0 Å². The maximum absolute atomic E-state index is 2.35. The summed E-state index contributed by atoms with van der Waals surface area (Å²) in [5.74, 6) is 0. The van der Waals surface area contributed by atoms with Crippen molar-refractivity contribution in [1.29, 1.82) is 0 Å². The summed E-state index contributed by atoms with van der Waals surface area (Å²) in [6.07, 6.45) is 43.6. The SMILES string of the molecule is CCCCCCCCC[P+](CCCCCCCC)(CCCCCCCC)CCCCCCCC.[I-]. The van der Waals surface area contributed by atoms with Gasteiger partial charge in [-0.25, -0.2) is 0 Å². The molecular formula is C33H70IP. The first-order valence-corrected chi connectivity index (χ1v) is 19.1. The van der Waals surface area contributed by atoms with Crippen LogP contribution in [0.15, 0.2) is 0 Å². The summed E-state index contributed by atoms with van der Waals surface area (Å²) < 4.78 is 0. The molecule has 0 aliphatic heterocycles. The van der Waals surface area contributed by atoms with Crippen LogP contribution in [0.1, 0.15) is 188 Å². The Bertz CT molecular complexity index is 329. The van der Waals surface area contributed by atoms with E-state index in [2.05, 4.69) is 27.7 Å². The molecule has 0 aliphatic carbocycles. The zero-order chi connectivity index (χ0) is 25.0. The first-order chi connectivity index (χ1) is 16.7. The van der Waals surface area contributed by atoms with Crippen LogP contribution in [-0.2, 0) is 0 Å². The van der Waals surface area contributed by atoms with E-state index in [4.69, 9.17) is 0 Å². The lowest BCUT2D eigenvalue weighted by Gasteiger charge is -2.28. The second-order valence-corrected chi connectivity index (χ2v) is 16.1. The Morgan fingerprint density at radius 1 is 0.257 bits per heavy atom. The molecule has 0 aromatic heterocycles. The molecule has 0 unspecified atom stereocenters. The van der Waals surface area contributed by atoms with Gasteiger partial charge in [0.1, 0.15) is 0 Å². The summed E-state index contributed by atoms with van der Waals surface area (Å²) in [5.41, 5.74) is 0. The Hall–Kier alpha value is 1.16. The van der Waals surface area contributed by atoms with Gasteiger partial charge >= 0.3 is 0 Å². The van der Waals surface area contributed by atoms with Gasteiger partial charge in [-0.05, 0) is 51.4 Å². The van der Waals surface area contributed by atoms with E-state index in [-0.39, 0.29) is 24.0 Å². The quantitative estimate of drug-likeness (QED) is 0.0442. The van der Waals surface area contributed by atoms with Crippen LogP contribution >= 0.6 is 7.26 Å². The highest BCUT2D eigenvalue weighted by atomic mass is 127. The number of unbranched alkanes of at least 4 members (excludes halogenated alkanes) is 21. The normalized spacial score (nSPS) is 11.7. The molecule has 0 bridgehead atoms. The average molecular weight is 625 g/mol. The van der Waals surface area contributed by atoms with E-state index in [0.29, 0.717) is 0 Å². The fourth-order valence-electron chi connectivity index (χ4n) is 5.76. The van der Waals surface area contributed by atoms with E-state index in [0.717, 1.165) is 0 Å². The maximum atomic E-state index is 2.35. The lowest BCUT2D eigenvalue weighted by Crippen LogP contribution is -3.00. The first-order valence-electron chi connectivity index (χ1n) is 16.6. The van der Waals surface area contributed by atoms with Crippen LogP contribution in [0.5, 0.6) is 0 Å². The molecule has 0 amide bonds. The third kappa shape index (κ3) is 26.5. The summed E-state index contributed by atoms with van der Waals surface area (Å²) in [6.45, 7) is 9.38. The predicted octanol–water partition coefficient (Wildman–Crippen LogP) is 9.84. The third-order valence-corrected chi connectivity index (χ3v) is 13.3. The summed E-state index contributed by atoms with van der Waals surface area (Å²) in [7, 11) is -0.724. The molecule has 214 valence electrons. The summed E-state index contributed by atoms with van der Waals surface area (Å²) >= 11 is 0. The van der Waals surface area contributed by atoms with Crippen molar-refractivity contribution in [3.63, 3.8) is 0 Å². The van der Waals surface area contributed by atoms with Crippen LogP contribution in [-0.4, -0.2) is 24.6 Å². The largest absolute Gasteiger partial charge is 1.00 e. The van der Waals surface area contributed by atoms with Gasteiger partial charge in [0.25, 0.3) is 0 Å². The van der Waals surface area contributed by atoms with Crippen molar-refractivity contribution >= 4 is 7.26 Å². The summed E-state index contributed by atoms with van der Waals surface area (Å²) in [6, 6.07) is 0. The standard InChI is InChI=1S/C33H70P.HI/c1-5-9-13-17-21-25-29-33-34(30-26-22-18-14-10-6-2,31-27-23-19-15-11-7-3)32-28-24-20-16-12-8-4;/h5-33H2,1-4H3;1H/q+1;/p-1. The molecule has 0 rings (SSSR count). The van der Waals surface area contributed by atoms with Crippen molar-refractivity contribution in [2.75, 3.05) is 24.6 Å². The van der Waals surface area contributed by atoms with Crippen molar-refractivity contribution in [3.05, 3.63) is 0 Å². The van der Waals surface area contributed by atoms with E-state index in [1.165, 1.54) is 135 Å². The molecule has 0 heterocycles. The Labute approximate surface area is 243 Å². The van der Waals surface area contributed by atoms with Gasteiger partial charge < -0.3 is 24.0 Å². The Morgan fingerprint density at radius 3 is 0.629 bits per heavy atom. The van der Waals surface area contributed by atoms with Crippen molar-refractivity contribution < 1.29 is 24.0 Å². The molecule has 0 aliphatic rings. The van der Waals surface area contributed by atoms with Crippen molar-refractivity contribution in [2.24, 2.45) is 0 Å². The zero-order valence-electron chi connectivity index (χ0n) is 25.3. The van der Waals surface area contributed by atoms with Crippen LogP contribution in [0.4, 0.5) is 0 Å². The second kappa shape index (κ2) is 31.4. The molecule has 2 heteroatoms. The molecule has 0 saturated carbocycles. The number of rotatable bonds is 29. The minimum Gasteiger partial charge on any atom is -1.00 e. The van der Waals surface area contributed by atoms with Crippen molar-refractivity contribution in [2.45, 2.75) is 188 Å². The van der Waals surface area contributed by atoms with Crippen LogP contribution in [0, 0.1) is 0 Å². The highest BCUT2D eigenvalue weighted by molar-refractivity contribution is 7.75. The molecule has 0 saturated heterocycles. The van der Waals surface area contributed by atoms with Gasteiger partial charge in [-0.1, -0.05) is 137 Å². The average Bonchev–Trinajstić information content (AvgIpc) is 2.85. The number of halogens is 1. The van der Waals surface area contributed by atoms with Gasteiger partial charge in [-0.15, -0.1) is 0 Å². The Morgan fingerprint density at radius 2 is 0.429 bits per heavy atom. The summed E-state index contributed by atoms with van der Waals surface area (Å²) in [4.78, 5) is 0. The molecule has 0 radical (unpaired) electrons. The topological polar surface area (TPSA) is 0 Å². The third-order valence-electron chi connectivity index (χ3n) is 8.19. The van der Waals surface area contributed by atoms with E-state index < -0.39 is 7.26 Å². The van der Waals surface area contributed by atoms with E-state index in [1.54, 1.807) is 50.3 Å². The van der Waals surface area contributed by atoms with Crippen LogP contribution in [0.25, 0.3) is 0 Å². The highest BCUT2D eigenvalue weighted by Crippen LogP contribution is 2.61. The minimum absolute atomic E-state index is 0. The molecule has 0 aromatic carbocycles. The van der Waals surface area contributed by atoms with E-state index in [9.17, 15) is 0 Å². The van der Waals surface area contributed by atoms with Crippen molar-refractivity contribution in [1.82, 2.24) is 0 Å². The Balaban J connectivity index is 0. The fraction of sp³-hybridized carbons (Fsp3) is 1.00. The molecule has 0 fully saturated rings. The molecule has 0 N–H and O–H groups in total. The molecule has 0 atom stereocenters. The lowest BCUT2D eigenvalue weighted by atomic mass is 10.1. The molecular weight excluding hydrogens is 554 g/mol. The predicted molar refractivity (Wildman–Crippen MR) is 165 cm³/mol. The van der Waals surface area contributed by atoms with E-state index >= 15 is 0 Å². The van der Waals surface area contributed by atoms with Gasteiger partial charge in [-0.3, -0.25) is 0 Å². The molecule has 0 nitrogen and oxygen atoms in total. The van der Waals surface area contributed by atoms with Crippen LogP contribution in [0.2, 0.25) is 0 Å². The van der Waals surface area contributed by atoms with Gasteiger partial charge in [0, 0.05) is 7.26 Å². The molecule has 0 aromatic rings. The van der Waals surface area contributed by atoms with E-state index in [1.807, 2.05) is 0 Å². The Kier molecular flexibility index (Phi) is 34.3. The van der Waals surface area contributed by atoms with Gasteiger partial charge in [0.2, 0.25) is 0 Å². The van der Waals surface area contributed by atoms with Gasteiger partial charge in [0.05, 0.1) is 24.6 Å². The fourth-order valence-corrected chi connectivity index (χ4v) is 10.7. The van der Waals surface area contributed by atoms with Crippen LogP contribution in [0.3, 0.4) is 0 Å². The van der Waals surface area contributed by atoms with Crippen molar-refractivity contribution in [3.8, 4) is 0 Å². The monoisotopic (exact) mass is 624 g/mol. The molecule has 0 spiro atoms. The molecule has 35 heavy (non-hydrogen) atoms. The smallest absolute Gasteiger partial charge is 0.0594 e. The maximum Gasteiger partial charge on any atom is 0.0594 e. The second-order valence-electron chi connectivity index (χ2n) is 11.7. The first kappa shape index (κ1) is 38.3. The summed E-state index contributed by atoms with van der Waals surface area (Å²) in [5, 5.41) is 0. The zero-order valence-corrected chi connectivity index (χ0v) is 28.4. The number of hydrogen-bond donors (Lipinski definition) is 0. The lowest BCUT2D eigenvalue weighted by molar-refractivity contribution is -0.00000777. The van der Waals surface area contributed by atoms with Gasteiger partial charge in [0.15, 0.2) is 0 Å². The number of hydrogen-bond acceptors (Lipinski definition) is 0. The highest BCUT2D eigenvalue weighted by Gasteiger charge is 2.34. The minimum atomic E-state index is -0.724.